The van der Waals surface area contributed by atoms with Crippen molar-refractivity contribution >= 4 is 39.4 Å². The maximum absolute atomic E-state index is 12.5. The lowest BCUT2D eigenvalue weighted by molar-refractivity contribution is 0.106. The highest BCUT2D eigenvalue weighted by Gasteiger charge is 2.24. The first kappa shape index (κ1) is 11.6. The molecule has 1 rings (SSSR count). The molecule has 0 amide bonds. The molecule has 1 heterocycles. The molecule has 0 spiro atoms. The van der Waals surface area contributed by atoms with Crippen LogP contribution in [0.25, 0.3) is 0 Å². The SMILES string of the molecule is O=C(Cl)c1c(O)cnc(I)c1C(F)F. The third-order valence-corrected chi connectivity index (χ3v) is 2.51. The van der Waals surface area contributed by atoms with Gasteiger partial charge in [0, 0.05) is 0 Å². The summed E-state index contributed by atoms with van der Waals surface area (Å²) in [6, 6.07) is 0. The van der Waals surface area contributed by atoms with Crippen molar-refractivity contribution in [2.24, 2.45) is 0 Å². The molecule has 0 saturated heterocycles. The zero-order chi connectivity index (χ0) is 10.9. The average molecular weight is 333 g/mol. The summed E-state index contributed by atoms with van der Waals surface area (Å²) in [5.74, 6) is -0.638. The Morgan fingerprint density at radius 3 is 2.57 bits per heavy atom. The molecule has 1 aromatic heterocycles. The highest BCUT2D eigenvalue weighted by molar-refractivity contribution is 14.1. The van der Waals surface area contributed by atoms with E-state index in [-0.39, 0.29) is 3.70 Å². The van der Waals surface area contributed by atoms with Crippen LogP contribution in [-0.4, -0.2) is 15.3 Å². The number of pyridine rings is 1. The van der Waals surface area contributed by atoms with Crippen LogP contribution in [0.3, 0.4) is 0 Å². The maximum Gasteiger partial charge on any atom is 0.267 e. The van der Waals surface area contributed by atoms with Crippen LogP contribution >= 0.6 is 34.2 Å². The van der Waals surface area contributed by atoms with Crippen LogP contribution in [0.4, 0.5) is 8.78 Å². The molecular weight excluding hydrogens is 330 g/mol. The number of carbonyl (C=O) groups is 1. The van der Waals surface area contributed by atoms with Crippen molar-refractivity contribution in [1.82, 2.24) is 4.98 Å². The lowest BCUT2D eigenvalue weighted by Gasteiger charge is -2.08. The number of hydrogen-bond acceptors (Lipinski definition) is 3. The van der Waals surface area contributed by atoms with Gasteiger partial charge in [-0.2, -0.15) is 0 Å². The Morgan fingerprint density at radius 2 is 2.21 bits per heavy atom. The van der Waals surface area contributed by atoms with E-state index in [1.807, 2.05) is 0 Å². The van der Waals surface area contributed by atoms with E-state index in [0.717, 1.165) is 6.20 Å². The van der Waals surface area contributed by atoms with Crippen molar-refractivity contribution < 1.29 is 18.7 Å². The number of nitrogens with zero attached hydrogens (tertiary/aromatic N) is 1. The topological polar surface area (TPSA) is 50.2 Å². The van der Waals surface area contributed by atoms with Crippen LogP contribution in [0, 0.1) is 3.70 Å². The van der Waals surface area contributed by atoms with Gasteiger partial charge in [0.05, 0.1) is 17.3 Å². The van der Waals surface area contributed by atoms with Gasteiger partial charge in [0.1, 0.15) is 9.45 Å². The molecule has 14 heavy (non-hydrogen) atoms. The predicted molar refractivity (Wildman–Crippen MR) is 53.8 cm³/mol. The van der Waals surface area contributed by atoms with E-state index < -0.39 is 28.5 Å². The van der Waals surface area contributed by atoms with Crippen LogP contribution in [0.5, 0.6) is 5.75 Å². The van der Waals surface area contributed by atoms with Gasteiger partial charge in [-0.05, 0) is 34.2 Å². The molecule has 0 aliphatic heterocycles. The molecule has 0 atom stereocenters. The molecular formula is C7H3ClF2INO2. The van der Waals surface area contributed by atoms with Crippen LogP contribution in [-0.2, 0) is 0 Å². The lowest BCUT2D eigenvalue weighted by Crippen LogP contribution is -2.03. The molecule has 0 aliphatic rings. The second-order valence-corrected chi connectivity index (χ2v) is 3.66. The van der Waals surface area contributed by atoms with E-state index in [9.17, 15) is 13.6 Å². The number of halogens is 4. The Balaban J connectivity index is 3.50. The van der Waals surface area contributed by atoms with E-state index in [4.69, 9.17) is 16.7 Å². The molecule has 7 heteroatoms. The van der Waals surface area contributed by atoms with Crippen molar-refractivity contribution in [3.8, 4) is 5.75 Å². The van der Waals surface area contributed by atoms with E-state index >= 15 is 0 Å². The summed E-state index contributed by atoms with van der Waals surface area (Å²) >= 11 is 6.60. The Bertz CT molecular complexity index is 386. The summed E-state index contributed by atoms with van der Waals surface area (Å²) in [5.41, 5.74) is -1.22. The van der Waals surface area contributed by atoms with Crippen LogP contribution in [0.15, 0.2) is 6.20 Å². The fourth-order valence-electron chi connectivity index (χ4n) is 0.899. The predicted octanol–water partition coefficient (Wildman–Crippen LogP) is 2.71. The highest BCUT2D eigenvalue weighted by atomic mass is 127. The average Bonchev–Trinajstić information content (AvgIpc) is 2.07. The van der Waals surface area contributed by atoms with Gasteiger partial charge >= 0.3 is 0 Å². The number of hydrogen-bond donors (Lipinski definition) is 1. The molecule has 0 unspecified atom stereocenters. The molecule has 0 aromatic carbocycles. The smallest absolute Gasteiger partial charge is 0.267 e. The number of rotatable bonds is 2. The minimum absolute atomic E-state index is 0.0561. The van der Waals surface area contributed by atoms with E-state index in [1.165, 1.54) is 22.6 Å². The fraction of sp³-hybridized carbons (Fsp3) is 0.143. The second kappa shape index (κ2) is 4.35. The third-order valence-electron chi connectivity index (χ3n) is 1.46. The van der Waals surface area contributed by atoms with Gasteiger partial charge in [-0.1, -0.05) is 0 Å². The minimum Gasteiger partial charge on any atom is -0.506 e. The summed E-state index contributed by atoms with van der Waals surface area (Å²) in [6.07, 6.45) is -2.00. The van der Waals surface area contributed by atoms with E-state index in [2.05, 4.69) is 4.98 Å². The van der Waals surface area contributed by atoms with Gasteiger partial charge in [-0.25, -0.2) is 13.8 Å². The zero-order valence-corrected chi connectivity index (χ0v) is 9.38. The molecule has 3 nitrogen and oxygen atoms in total. The number of aromatic nitrogens is 1. The van der Waals surface area contributed by atoms with Crippen molar-refractivity contribution in [2.75, 3.05) is 0 Å². The van der Waals surface area contributed by atoms with Gasteiger partial charge in [-0.3, -0.25) is 4.79 Å². The first-order chi connectivity index (χ1) is 6.45. The Hall–Kier alpha value is -0.500. The number of alkyl halides is 2. The normalized spacial score (nSPS) is 10.6. The summed E-state index contributed by atoms with van der Waals surface area (Å²) in [6.45, 7) is 0. The molecule has 0 radical (unpaired) electrons. The highest BCUT2D eigenvalue weighted by Crippen LogP contribution is 2.32. The molecule has 0 fully saturated rings. The van der Waals surface area contributed by atoms with Gasteiger partial charge in [0.2, 0.25) is 0 Å². The Kier molecular flexibility index (Phi) is 3.59. The van der Waals surface area contributed by atoms with Crippen LogP contribution < -0.4 is 0 Å². The van der Waals surface area contributed by atoms with E-state index in [1.54, 1.807) is 0 Å². The largest absolute Gasteiger partial charge is 0.506 e. The van der Waals surface area contributed by atoms with Crippen molar-refractivity contribution in [1.29, 1.82) is 0 Å². The van der Waals surface area contributed by atoms with Gasteiger partial charge in [0.15, 0.2) is 0 Å². The van der Waals surface area contributed by atoms with Gasteiger partial charge in [-0.15, -0.1) is 0 Å². The minimum atomic E-state index is -2.90. The first-order valence-electron chi connectivity index (χ1n) is 3.30. The second-order valence-electron chi connectivity index (χ2n) is 2.30. The van der Waals surface area contributed by atoms with Crippen LogP contribution in [0.2, 0.25) is 0 Å². The first-order valence-corrected chi connectivity index (χ1v) is 4.76. The molecule has 1 N–H and O–H groups in total. The summed E-state index contributed by atoms with van der Waals surface area (Å²) < 4.78 is 24.9. The van der Waals surface area contributed by atoms with Crippen molar-refractivity contribution in [3.63, 3.8) is 0 Å². The number of aromatic hydroxyl groups is 1. The number of carbonyl (C=O) groups excluding carboxylic acids is 1. The molecule has 76 valence electrons. The standard InChI is InChI=1S/C7H3ClF2INO2/c8-5(14)3-2(13)1-12-7(11)4(3)6(9)10/h1,6,13H. The summed E-state index contributed by atoms with van der Waals surface area (Å²) in [5, 5.41) is 8.00. The fourth-order valence-corrected chi connectivity index (χ4v) is 1.74. The summed E-state index contributed by atoms with van der Waals surface area (Å²) in [4.78, 5) is 14.3. The van der Waals surface area contributed by atoms with Crippen molar-refractivity contribution in [3.05, 3.63) is 21.0 Å². The quantitative estimate of drug-likeness (QED) is 0.514. The molecule has 1 aromatic rings. The molecule has 0 saturated carbocycles. The summed E-state index contributed by atoms with van der Waals surface area (Å²) in [7, 11) is 0. The monoisotopic (exact) mass is 333 g/mol. The maximum atomic E-state index is 12.5. The molecule has 0 bridgehead atoms. The molecule has 0 aliphatic carbocycles. The third kappa shape index (κ3) is 2.11. The van der Waals surface area contributed by atoms with Gasteiger partial charge in [0.25, 0.3) is 11.7 Å². The van der Waals surface area contributed by atoms with Crippen LogP contribution in [0.1, 0.15) is 22.3 Å². The zero-order valence-electron chi connectivity index (χ0n) is 6.47. The Labute approximate surface area is 96.2 Å². The lowest BCUT2D eigenvalue weighted by atomic mass is 10.1. The van der Waals surface area contributed by atoms with E-state index in [0.29, 0.717) is 0 Å². The van der Waals surface area contributed by atoms with Crippen molar-refractivity contribution in [2.45, 2.75) is 6.43 Å². The Morgan fingerprint density at radius 1 is 1.64 bits per heavy atom. The van der Waals surface area contributed by atoms with Gasteiger partial charge < -0.3 is 5.11 Å².